The lowest BCUT2D eigenvalue weighted by Crippen LogP contribution is -2.25. The van der Waals surface area contributed by atoms with Gasteiger partial charge in [0.15, 0.2) is 0 Å². The fourth-order valence-corrected chi connectivity index (χ4v) is 3.21. The van der Waals surface area contributed by atoms with Crippen LogP contribution in [0.3, 0.4) is 0 Å². The first kappa shape index (κ1) is 16.5. The van der Waals surface area contributed by atoms with Crippen LogP contribution in [0.1, 0.15) is 63.6 Å². The third-order valence-electron chi connectivity index (χ3n) is 4.78. The molecule has 0 bridgehead atoms. The van der Waals surface area contributed by atoms with E-state index in [1.165, 1.54) is 38.5 Å². The molecule has 0 amide bonds. The van der Waals surface area contributed by atoms with Crippen LogP contribution in [0.4, 0.5) is 0 Å². The van der Waals surface area contributed by atoms with E-state index in [-0.39, 0.29) is 0 Å². The summed E-state index contributed by atoms with van der Waals surface area (Å²) in [6.45, 7) is 11.7. The summed E-state index contributed by atoms with van der Waals surface area (Å²) in [5.41, 5.74) is 5.18. The molecule has 1 aliphatic rings. The Labute approximate surface area is 131 Å². The van der Waals surface area contributed by atoms with Gasteiger partial charge in [-0.2, -0.15) is 0 Å². The molecule has 1 aliphatic carbocycles. The van der Waals surface area contributed by atoms with Gasteiger partial charge in [-0.05, 0) is 79.6 Å². The summed E-state index contributed by atoms with van der Waals surface area (Å²) in [6.07, 6.45) is 7.73. The molecular weight excluding hydrogens is 254 g/mol. The lowest BCUT2D eigenvalue weighted by molar-refractivity contribution is 0.300. The third-order valence-corrected chi connectivity index (χ3v) is 4.78. The van der Waals surface area contributed by atoms with Crippen LogP contribution in [0.5, 0.6) is 0 Å². The highest BCUT2D eigenvalue weighted by Gasteiger charge is 2.18. The third kappa shape index (κ3) is 5.47. The highest BCUT2D eigenvalue weighted by molar-refractivity contribution is 5.35. The Morgan fingerprint density at radius 1 is 1.10 bits per heavy atom. The van der Waals surface area contributed by atoms with Crippen LogP contribution in [-0.2, 0) is 19.3 Å². The normalized spacial score (nSPS) is 14.7. The SMILES string of the molecule is CC(C)CNCCC(C)(C)CCc1ccc2c(c1)CCC2. The molecule has 1 aromatic carbocycles. The molecule has 1 aromatic rings. The first-order valence-corrected chi connectivity index (χ1v) is 8.78. The highest BCUT2D eigenvalue weighted by atomic mass is 14.8. The van der Waals surface area contributed by atoms with E-state index >= 15 is 0 Å². The van der Waals surface area contributed by atoms with Gasteiger partial charge in [-0.15, -0.1) is 0 Å². The second-order valence-corrected chi connectivity index (χ2v) is 7.97. The fraction of sp³-hybridized carbons (Fsp3) is 0.700. The molecule has 21 heavy (non-hydrogen) atoms. The largest absolute Gasteiger partial charge is 0.316 e. The second kappa shape index (κ2) is 7.45. The van der Waals surface area contributed by atoms with Gasteiger partial charge in [0.05, 0.1) is 0 Å². The second-order valence-electron chi connectivity index (χ2n) is 7.97. The van der Waals surface area contributed by atoms with E-state index in [0.717, 1.165) is 19.0 Å². The van der Waals surface area contributed by atoms with Crippen LogP contribution >= 0.6 is 0 Å². The molecular formula is C20H33N. The molecule has 0 aliphatic heterocycles. The van der Waals surface area contributed by atoms with Gasteiger partial charge in [0.1, 0.15) is 0 Å². The molecule has 0 radical (unpaired) electrons. The average molecular weight is 287 g/mol. The van der Waals surface area contributed by atoms with Crippen molar-refractivity contribution in [1.82, 2.24) is 5.32 Å². The molecule has 0 unspecified atom stereocenters. The van der Waals surface area contributed by atoms with Crippen molar-refractivity contribution in [1.29, 1.82) is 0 Å². The van der Waals surface area contributed by atoms with E-state index in [4.69, 9.17) is 0 Å². The van der Waals surface area contributed by atoms with Crippen molar-refractivity contribution in [3.05, 3.63) is 34.9 Å². The first-order chi connectivity index (χ1) is 9.96. The minimum atomic E-state index is 0.434. The van der Waals surface area contributed by atoms with Gasteiger partial charge in [-0.3, -0.25) is 0 Å². The zero-order valence-electron chi connectivity index (χ0n) is 14.5. The average Bonchev–Trinajstić information content (AvgIpc) is 2.89. The maximum absolute atomic E-state index is 3.57. The molecule has 1 heteroatoms. The van der Waals surface area contributed by atoms with Gasteiger partial charge >= 0.3 is 0 Å². The molecule has 0 saturated heterocycles. The number of benzene rings is 1. The predicted octanol–water partition coefficient (Wildman–Crippen LogP) is 4.77. The van der Waals surface area contributed by atoms with Crippen LogP contribution in [0.15, 0.2) is 18.2 Å². The fourth-order valence-electron chi connectivity index (χ4n) is 3.21. The van der Waals surface area contributed by atoms with E-state index in [2.05, 4.69) is 51.2 Å². The molecule has 2 rings (SSSR count). The van der Waals surface area contributed by atoms with Crippen LogP contribution in [0.25, 0.3) is 0 Å². The summed E-state index contributed by atoms with van der Waals surface area (Å²) in [5, 5.41) is 3.57. The number of hydrogen-bond acceptors (Lipinski definition) is 1. The Hall–Kier alpha value is -0.820. The van der Waals surface area contributed by atoms with Crippen LogP contribution in [0, 0.1) is 11.3 Å². The molecule has 0 heterocycles. The van der Waals surface area contributed by atoms with Crippen molar-refractivity contribution >= 4 is 0 Å². The highest BCUT2D eigenvalue weighted by Crippen LogP contribution is 2.28. The Morgan fingerprint density at radius 3 is 2.62 bits per heavy atom. The predicted molar refractivity (Wildman–Crippen MR) is 92.9 cm³/mol. The van der Waals surface area contributed by atoms with Gasteiger partial charge in [-0.25, -0.2) is 0 Å². The van der Waals surface area contributed by atoms with Crippen molar-refractivity contribution in [2.75, 3.05) is 13.1 Å². The lowest BCUT2D eigenvalue weighted by atomic mass is 9.83. The first-order valence-electron chi connectivity index (χ1n) is 8.78. The van der Waals surface area contributed by atoms with E-state index in [1.807, 2.05) is 0 Å². The minimum absolute atomic E-state index is 0.434. The molecule has 118 valence electrons. The molecule has 0 atom stereocenters. The van der Waals surface area contributed by atoms with Crippen molar-refractivity contribution in [3.8, 4) is 0 Å². The molecule has 0 saturated carbocycles. The van der Waals surface area contributed by atoms with Crippen molar-refractivity contribution in [2.45, 2.75) is 66.2 Å². The minimum Gasteiger partial charge on any atom is -0.316 e. The molecule has 1 nitrogen and oxygen atoms in total. The molecule has 1 N–H and O–H groups in total. The van der Waals surface area contributed by atoms with E-state index in [0.29, 0.717) is 5.41 Å². The molecule has 0 aromatic heterocycles. The maximum Gasteiger partial charge on any atom is -0.00258 e. The van der Waals surface area contributed by atoms with E-state index in [9.17, 15) is 0 Å². The number of nitrogens with one attached hydrogen (secondary N) is 1. The summed E-state index contributed by atoms with van der Waals surface area (Å²) < 4.78 is 0. The molecule has 0 fully saturated rings. The monoisotopic (exact) mass is 287 g/mol. The number of rotatable bonds is 8. The maximum atomic E-state index is 3.57. The number of aryl methyl sites for hydroxylation is 3. The van der Waals surface area contributed by atoms with Crippen molar-refractivity contribution in [2.24, 2.45) is 11.3 Å². The zero-order valence-corrected chi connectivity index (χ0v) is 14.5. The smallest absolute Gasteiger partial charge is 0.00258 e. The Morgan fingerprint density at radius 2 is 1.86 bits per heavy atom. The number of fused-ring (bicyclic) bond motifs is 1. The summed E-state index contributed by atoms with van der Waals surface area (Å²) >= 11 is 0. The Bertz CT molecular complexity index is 445. The van der Waals surface area contributed by atoms with Gasteiger partial charge in [0.25, 0.3) is 0 Å². The van der Waals surface area contributed by atoms with Crippen molar-refractivity contribution in [3.63, 3.8) is 0 Å². The summed E-state index contributed by atoms with van der Waals surface area (Å²) in [6, 6.07) is 7.20. The number of hydrogen-bond donors (Lipinski definition) is 1. The van der Waals surface area contributed by atoms with Crippen LogP contribution in [0.2, 0.25) is 0 Å². The molecule has 0 spiro atoms. The van der Waals surface area contributed by atoms with Gasteiger partial charge in [0, 0.05) is 0 Å². The van der Waals surface area contributed by atoms with Crippen LogP contribution in [-0.4, -0.2) is 13.1 Å². The summed E-state index contributed by atoms with van der Waals surface area (Å²) in [5.74, 6) is 0.750. The van der Waals surface area contributed by atoms with E-state index < -0.39 is 0 Å². The lowest BCUT2D eigenvalue weighted by Gasteiger charge is -2.25. The zero-order chi connectivity index (χ0) is 15.3. The standard InChI is InChI=1S/C20H33N/c1-16(2)15-21-13-12-20(3,4)11-10-17-8-9-18-6-5-7-19(18)14-17/h8-9,14,16,21H,5-7,10-13,15H2,1-4H3. The van der Waals surface area contributed by atoms with E-state index in [1.54, 1.807) is 16.7 Å². The van der Waals surface area contributed by atoms with Gasteiger partial charge in [0.2, 0.25) is 0 Å². The summed E-state index contributed by atoms with van der Waals surface area (Å²) in [4.78, 5) is 0. The summed E-state index contributed by atoms with van der Waals surface area (Å²) in [7, 11) is 0. The van der Waals surface area contributed by atoms with Gasteiger partial charge < -0.3 is 5.32 Å². The van der Waals surface area contributed by atoms with Crippen molar-refractivity contribution < 1.29 is 0 Å². The Kier molecular flexibility index (Phi) is 5.87. The topological polar surface area (TPSA) is 12.0 Å². The Balaban J connectivity index is 1.75. The van der Waals surface area contributed by atoms with Gasteiger partial charge in [-0.1, -0.05) is 45.9 Å². The van der Waals surface area contributed by atoms with Crippen LogP contribution < -0.4 is 5.32 Å². The quantitative estimate of drug-likeness (QED) is 0.679.